The minimum atomic E-state index is -4.45. The Morgan fingerprint density at radius 3 is 2.64 bits per heavy atom. The zero-order valence-corrected chi connectivity index (χ0v) is 14.3. The Balaban J connectivity index is 1.97. The van der Waals surface area contributed by atoms with Crippen molar-refractivity contribution in [3.05, 3.63) is 46.8 Å². The first-order valence-corrected chi connectivity index (χ1v) is 8.11. The highest BCUT2D eigenvalue weighted by Crippen LogP contribution is 2.42. The first kappa shape index (κ1) is 17.9. The number of aliphatic hydroxyl groups is 1. The average Bonchev–Trinajstić information content (AvgIpc) is 2.92. The van der Waals surface area contributed by atoms with Gasteiger partial charge in [0.2, 0.25) is 0 Å². The van der Waals surface area contributed by atoms with Gasteiger partial charge in [0.15, 0.2) is 0 Å². The van der Waals surface area contributed by atoms with Gasteiger partial charge in [-0.25, -0.2) is 0 Å². The van der Waals surface area contributed by atoms with Gasteiger partial charge >= 0.3 is 6.18 Å². The number of aryl methyl sites for hydroxylation is 2. The van der Waals surface area contributed by atoms with Crippen LogP contribution in [0.25, 0.3) is 0 Å². The molecule has 8 heteroatoms. The highest BCUT2D eigenvalue weighted by atomic mass is 19.4. The van der Waals surface area contributed by atoms with Crippen molar-refractivity contribution in [1.29, 1.82) is 0 Å². The lowest BCUT2D eigenvalue weighted by Gasteiger charge is -2.41. The van der Waals surface area contributed by atoms with Crippen molar-refractivity contribution in [2.24, 2.45) is 7.05 Å². The summed E-state index contributed by atoms with van der Waals surface area (Å²) in [4.78, 5) is 0. The molecule has 0 bridgehead atoms. The lowest BCUT2D eigenvalue weighted by Crippen LogP contribution is -2.47. The summed E-state index contributed by atoms with van der Waals surface area (Å²) in [5.74, 6) is 0. The van der Waals surface area contributed by atoms with Gasteiger partial charge in [0.25, 0.3) is 0 Å². The Hall–Kier alpha value is -1.93. The van der Waals surface area contributed by atoms with E-state index in [2.05, 4.69) is 15.6 Å². The lowest BCUT2D eigenvalue weighted by atomic mass is 9.77. The fraction of sp³-hybridized carbons (Fsp3) is 0.529. The molecule has 2 N–H and O–H groups in total. The average molecular weight is 354 g/mol. The number of benzene rings is 1. The predicted octanol–water partition coefficient (Wildman–Crippen LogP) is 2.84. The number of piperidine rings is 1. The van der Waals surface area contributed by atoms with Crippen LogP contribution in [0.2, 0.25) is 0 Å². The van der Waals surface area contributed by atoms with E-state index in [-0.39, 0.29) is 29.6 Å². The van der Waals surface area contributed by atoms with Crippen molar-refractivity contribution in [1.82, 2.24) is 20.3 Å². The number of rotatable bonds is 2. The van der Waals surface area contributed by atoms with Gasteiger partial charge in [-0.1, -0.05) is 17.3 Å². The van der Waals surface area contributed by atoms with E-state index in [0.29, 0.717) is 12.1 Å². The van der Waals surface area contributed by atoms with Crippen LogP contribution < -0.4 is 5.32 Å². The summed E-state index contributed by atoms with van der Waals surface area (Å²) in [6.07, 6.45) is -2.15. The Bertz CT molecular complexity index is 773. The molecule has 1 saturated heterocycles. The molecule has 2 aromatic rings. The lowest BCUT2D eigenvalue weighted by molar-refractivity contribution is -0.138. The minimum Gasteiger partial charge on any atom is -0.385 e. The van der Waals surface area contributed by atoms with Crippen molar-refractivity contribution in [2.75, 3.05) is 0 Å². The third kappa shape index (κ3) is 3.55. The van der Waals surface area contributed by atoms with Gasteiger partial charge in [-0.05, 0) is 37.5 Å². The first-order chi connectivity index (χ1) is 11.6. The summed E-state index contributed by atoms with van der Waals surface area (Å²) in [5.41, 5.74) is -0.975. The highest BCUT2D eigenvalue weighted by Gasteiger charge is 2.42. The van der Waals surface area contributed by atoms with Crippen molar-refractivity contribution < 1.29 is 18.3 Å². The number of alkyl halides is 3. The largest absolute Gasteiger partial charge is 0.416 e. The molecular weight excluding hydrogens is 333 g/mol. The van der Waals surface area contributed by atoms with Gasteiger partial charge < -0.3 is 10.4 Å². The molecule has 0 spiro atoms. The van der Waals surface area contributed by atoms with Gasteiger partial charge in [-0.15, -0.1) is 5.10 Å². The van der Waals surface area contributed by atoms with Crippen LogP contribution >= 0.6 is 0 Å². The van der Waals surface area contributed by atoms with E-state index in [1.165, 1.54) is 13.0 Å². The molecule has 2 heterocycles. The van der Waals surface area contributed by atoms with Crippen LogP contribution in [-0.2, 0) is 18.8 Å². The first-order valence-electron chi connectivity index (χ1n) is 8.11. The maximum absolute atomic E-state index is 13.2. The van der Waals surface area contributed by atoms with Gasteiger partial charge in [-0.2, -0.15) is 13.2 Å². The molecule has 0 saturated carbocycles. The summed E-state index contributed by atoms with van der Waals surface area (Å²) in [6.45, 7) is 3.32. The van der Waals surface area contributed by atoms with Crippen molar-refractivity contribution in [2.45, 2.75) is 50.6 Å². The predicted molar refractivity (Wildman–Crippen MR) is 85.7 cm³/mol. The van der Waals surface area contributed by atoms with Crippen LogP contribution in [0.4, 0.5) is 13.2 Å². The van der Waals surface area contributed by atoms with Gasteiger partial charge in [-0.3, -0.25) is 4.68 Å². The van der Waals surface area contributed by atoms with Crippen molar-refractivity contribution in [3.63, 3.8) is 0 Å². The van der Waals surface area contributed by atoms with E-state index in [4.69, 9.17) is 0 Å². The summed E-state index contributed by atoms with van der Waals surface area (Å²) < 4.78 is 41.2. The third-order valence-corrected chi connectivity index (χ3v) is 4.73. The van der Waals surface area contributed by atoms with Crippen LogP contribution in [-0.4, -0.2) is 26.1 Å². The van der Waals surface area contributed by atoms with Crippen LogP contribution in [0, 0.1) is 6.92 Å². The monoisotopic (exact) mass is 354 g/mol. The molecule has 1 aromatic heterocycles. The zero-order chi connectivity index (χ0) is 18.4. The molecule has 1 aromatic carbocycles. The Morgan fingerprint density at radius 1 is 1.32 bits per heavy atom. The molecule has 0 amide bonds. The number of hydrogen-bond acceptors (Lipinski definition) is 4. The summed E-state index contributed by atoms with van der Waals surface area (Å²) in [7, 11) is 1.74. The second-order valence-electron chi connectivity index (χ2n) is 6.90. The van der Waals surface area contributed by atoms with Crippen LogP contribution in [0.5, 0.6) is 0 Å². The number of aromatic nitrogens is 3. The quantitative estimate of drug-likeness (QED) is 0.871. The van der Waals surface area contributed by atoms with Gasteiger partial charge in [0.1, 0.15) is 0 Å². The maximum Gasteiger partial charge on any atom is 0.416 e. The fourth-order valence-electron chi connectivity index (χ4n) is 3.56. The molecule has 1 fully saturated rings. The highest BCUT2D eigenvalue weighted by molar-refractivity contribution is 5.37. The summed E-state index contributed by atoms with van der Waals surface area (Å²) in [6, 6.07) is 3.71. The van der Waals surface area contributed by atoms with Crippen LogP contribution in [0.1, 0.15) is 48.2 Å². The molecule has 0 unspecified atom stereocenters. The molecule has 5 nitrogen and oxygen atoms in total. The molecule has 3 atom stereocenters. The van der Waals surface area contributed by atoms with E-state index in [0.717, 1.165) is 6.07 Å². The Kier molecular flexibility index (Phi) is 4.36. The molecule has 3 rings (SSSR count). The molecule has 1 aliphatic heterocycles. The normalized spacial score (nSPS) is 27.5. The van der Waals surface area contributed by atoms with Crippen LogP contribution in [0.15, 0.2) is 24.4 Å². The van der Waals surface area contributed by atoms with Gasteiger partial charge in [0, 0.05) is 25.7 Å². The number of halogens is 3. The van der Waals surface area contributed by atoms with E-state index in [1.807, 2.05) is 6.92 Å². The van der Waals surface area contributed by atoms with E-state index in [9.17, 15) is 18.3 Å². The number of nitrogens with one attached hydrogen (secondary N) is 1. The van der Waals surface area contributed by atoms with Gasteiger partial charge in [0.05, 0.1) is 22.9 Å². The molecule has 0 aliphatic carbocycles. The standard InChI is InChI=1S/C17H21F3N4O/c1-10-4-5-12(6-13(10)17(18,19)20)16(25)7-11(2)21-14(8-16)15-9-24(3)23-22-15/h4-6,9,11,14,21,25H,7-8H2,1-3H3/t11-,14-,16-/m0/s1. The SMILES string of the molecule is Cc1ccc([C@@]2(O)C[C@@H](c3cn(C)nn3)N[C@@H](C)C2)cc1C(F)(F)F. The Labute approximate surface area is 143 Å². The fourth-order valence-corrected chi connectivity index (χ4v) is 3.56. The summed E-state index contributed by atoms with van der Waals surface area (Å²) >= 11 is 0. The molecule has 25 heavy (non-hydrogen) atoms. The minimum absolute atomic E-state index is 0.0820. The molecule has 136 valence electrons. The topological polar surface area (TPSA) is 63.0 Å². The van der Waals surface area contributed by atoms with Crippen molar-refractivity contribution in [3.8, 4) is 0 Å². The zero-order valence-electron chi connectivity index (χ0n) is 14.3. The van der Waals surface area contributed by atoms with E-state index in [1.54, 1.807) is 24.0 Å². The molecule has 1 aliphatic rings. The molecule has 0 radical (unpaired) electrons. The number of hydrogen-bond donors (Lipinski definition) is 2. The smallest absolute Gasteiger partial charge is 0.385 e. The summed E-state index contributed by atoms with van der Waals surface area (Å²) in [5, 5.41) is 22.5. The second-order valence-corrected chi connectivity index (χ2v) is 6.90. The second kappa shape index (κ2) is 6.10. The van der Waals surface area contributed by atoms with E-state index < -0.39 is 17.3 Å². The molecular formula is C17H21F3N4O. The maximum atomic E-state index is 13.2. The van der Waals surface area contributed by atoms with E-state index >= 15 is 0 Å². The Morgan fingerprint density at radius 2 is 2.04 bits per heavy atom. The third-order valence-electron chi connectivity index (χ3n) is 4.73. The number of nitrogens with zero attached hydrogens (tertiary/aromatic N) is 3. The van der Waals surface area contributed by atoms with Crippen LogP contribution in [0.3, 0.4) is 0 Å². The van der Waals surface area contributed by atoms with Crippen molar-refractivity contribution >= 4 is 0 Å².